The maximum Gasteiger partial charge on any atom is 0.316 e. The van der Waals surface area contributed by atoms with Crippen molar-refractivity contribution in [1.82, 2.24) is 15.5 Å². The van der Waals surface area contributed by atoms with Crippen molar-refractivity contribution < 1.29 is 14.1 Å². The van der Waals surface area contributed by atoms with Crippen molar-refractivity contribution in [1.29, 1.82) is 0 Å². The second-order valence-electron chi connectivity index (χ2n) is 5.95. The number of carbonyl (C=O) groups excluding carboxylic acids is 2. The quantitative estimate of drug-likeness (QED) is 0.792. The van der Waals surface area contributed by atoms with E-state index < -0.39 is 11.6 Å². The minimum atomic E-state index is -0.649. The topological polar surface area (TPSA) is 123 Å². The molecule has 0 spiro atoms. The van der Waals surface area contributed by atoms with Crippen molar-refractivity contribution in [2.24, 2.45) is 5.73 Å². The van der Waals surface area contributed by atoms with Crippen LogP contribution in [0.4, 0.5) is 10.5 Å². The molecule has 3 amide bonds. The molecule has 126 valence electrons. The molecule has 4 N–H and O–H groups in total. The lowest BCUT2D eigenvalue weighted by Gasteiger charge is -2.26. The molecule has 0 radical (unpaired) electrons. The number of urea groups is 1. The van der Waals surface area contributed by atoms with Crippen molar-refractivity contribution in [3.63, 3.8) is 0 Å². The van der Waals surface area contributed by atoms with Gasteiger partial charge in [-0.15, -0.1) is 0 Å². The van der Waals surface area contributed by atoms with E-state index in [2.05, 4.69) is 20.8 Å². The van der Waals surface area contributed by atoms with Crippen LogP contribution in [0.5, 0.6) is 0 Å². The Morgan fingerprint density at radius 1 is 1.21 bits per heavy atom. The molecule has 1 aromatic heterocycles. The molecule has 1 fully saturated rings. The third-order valence-corrected chi connectivity index (χ3v) is 4.18. The van der Waals surface area contributed by atoms with Gasteiger partial charge in [0.2, 0.25) is 5.89 Å². The predicted molar refractivity (Wildman–Crippen MR) is 86.3 cm³/mol. The Balaban J connectivity index is 1.78. The Labute approximate surface area is 138 Å². The first-order valence-corrected chi connectivity index (χ1v) is 7.78. The van der Waals surface area contributed by atoms with E-state index in [0.29, 0.717) is 23.0 Å². The van der Waals surface area contributed by atoms with Gasteiger partial charge in [-0.1, -0.05) is 18.0 Å². The zero-order valence-corrected chi connectivity index (χ0v) is 13.3. The average molecular weight is 329 g/mol. The Bertz CT molecular complexity index is 747. The smallest absolute Gasteiger partial charge is 0.316 e. The fourth-order valence-corrected chi connectivity index (χ4v) is 3.01. The summed E-state index contributed by atoms with van der Waals surface area (Å²) in [5.41, 5.74) is 5.49. The lowest BCUT2D eigenvalue weighted by atomic mass is 9.96. The van der Waals surface area contributed by atoms with Crippen molar-refractivity contribution >= 4 is 17.6 Å². The lowest BCUT2D eigenvalue weighted by Crippen LogP contribution is -2.44. The van der Waals surface area contributed by atoms with Crippen molar-refractivity contribution in [2.45, 2.75) is 38.1 Å². The number of aryl methyl sites for hydroxylation is 1. The van der Waals surface area contributed by atoms with Crippen molar-refractivity contribution in [3.8, 4) is 0 Å². The van der Waals surface area contributed by atoms with Gasteiger partial charge in [0.1, 0.15) is 5.54 Å². The molecule has 0 aliphatic heterocycles. The lowest BCUT2D eigenvalue weighted by molar-refractivity contribution is 0.0892. The average Bonchev–Trinajstić information content (AvgIpc) is 3.17. The fraction of sp³-hybridized carbons (Fsp3) is 0.375. The van der Waals surface area contributed by atoms with Gasteiger partial charge in [0.05, 0.1) is 0 Å². The number of carbonyl (C=O) groups is 2. The highest BCUT2D eigenvalue weighted by molar-refractivity contribution is 5.95. The third kappa shape index (κ3) is 3.22. The summed E-state index contributed by atoms with van der Waals surface area (Å²) < 4.78 is 5.08. The molecular formula is C16H19N5O3. The van der Waals surface area contributed by atoms with Crippen LogP contribution in [0.1, 0.15) is 47.8 Å². The number of rotatable bonds is 4. The van der Waals surface area contributed by atoms with Gasteiger partial charge in [-0.3, -0.25) is 4.79 Å². The van der Waals surface area contributed by atoms with Gasteiger partial charge in [-0.25, -0.2) is 4.79 Å². The van der Waals surface area contributed by atoms with Crippen LogP contribution in [-0.2, 0) is 5.54 Å². The number of anilines is 1. The number of nitrogens with two attached hydrogens (primary N) is 1. The number of primary amides is 1. The third-order valence-electron chi connectivity index (χ3n) is 4.18. The number of amides is 3. The van der Waals surface area contributed by atoms with Crippen LogP contribution >= 0.6 is 0 Å². The standard InChI is InChI=1S/C16H19N5O3/c1-10-18-14(21-24-10)16(8-2-3-9-16)20-13(22)11-4-6-12(7-5-11)19-15(17)23/h4-7H,2-3,8-9H2,1H3,(H,20,22)(H3,17,19,23). The SMILES string of the molecule is Cc1nc(C2(NC(=O)c3ccc(NC(N)=O)cc3)CCCC2)no1. The first-order valence-electron chi connectivity index (χ1n) is 7.78. The highest BCUT2D eigenvalue weighted by Gasteiger charge is 2.41. The summed E-state index contributed by atoms with van der Waals surface area (Å²) in [7, 11) is 0. The molecule has 1 aromatic carbocycles. The van der Waals surface area contributed by atoms with Crippen LogP contribution in [0.3, 0.4) is 0 Å². The van der Waals surface area contributed by atoms with E-state index >= 15 is 0 Å². The van der Waals surface area contributed by atoms with Crippen LogP contribution < -0.4 is 16.4 Å². The molecule has 1 aliphatic carbocycles. The summed E-state index contributed by atoms with van der Waals surface area (Å²) in [6.07, 6.45) is 3.54. The molecule has 3 rings (SSSR count). The Kier molecular flexibility index (Phi) is 4.20. The molecule has 1 aliphatic rings. The van der Waals surface area contributed by atoms with Crippen molar-refractivity contribution in [3.05, 3.63) is 41.5 Å². The van der Waals surface area contributed by atoms with E-state index in [-0.39, 0.29) is 5.91 Å². The highest BCUT2D eigenvalue weighted by atomic mass is 16.5. The summed E-state index contributed by atoms with van der Waals surface area (Å²) >= 11 is 0. The molecule has 8 nitrogen and oxygen atoms in total. The van der Waals surface area contributed by atoms with E-state index in [1.807, 2.05) is 0 Å². The van der Waals surface area contributed by atoms with Gasteiger partial charge in [0, 0.05) is 18.2 Å². The summed E-state index contributed by atoms with van der Waals surface area (Å²) in [5.74, 6) is 0.787. The summed E-state index contributed by atoms with van der Waals surface area (Å²) in [4.78, 5) is 27.7. The molecule has 0 atom stereocenters. The number of hydrogen-bond acceptors (Lipinski definition) is 5. The molecule has 0 saturated heterocycles. The van der Waals surface area contributed by atoms with Gasteiger partial charge in [0.25, 0.3) is 5.91 Å². The van der Waals surface area contributed by atoms with Crippen LogP contribution in [0.15, 0.2) is 28.8 Å². The first-order chi connectivity index (χ1) is 11.5. The van der Waals surface area contributed by atoms with E-state index in [0.717, 1.165) is 25.7 Å². The molecular weight excluding hydrogens is 310 g/mol. The second kappa shape index (κ2) is 6.31. The van der Waals surface area contributed by atoms with Crippen LogP contribution in [-0.4, -0.2) is 22.1 Å². The predicted octanol–water partition coefficient (Wildman–Crippen LogP) is 2.07. The van der Waals surface area contributed by atoms with Crippen molar-refractivity contribution in [2.75, 3.05) is 5.32 Å². The summed E-state index contributed by atoms with van der Waals surface area (Å²) in [6, 6.07) is 5.86. The van der Waals surface area contributed by atoms with Gasteiger partial charge in [-0.05, 0) is 37.1 Å². The Morgan fingerprint density at radius 3 is 2.42 bits per heavy atom. The van der Waals surface area contributed by atoms with Gasteiger partial charge >= 0.3 is 6.03 Å². The van der Waals surface area contributed by atoms with E-state index in [4.69, 9.17) is 10.3 Å². The Hall–Kier alpha value is -2.90. The zero-order chi connectivity index (χ0) is 17.2. The first kappa shape index (κ1) is 16.0. The monoisotopic (exact) mass is 329 g/mol. The van der Waals surface area contributed by atoms with Gasteiger partial charge in [-0.2, -0.15) is 4.98 Å². The van der Waals surface area contributed by atoms with Gasteiger partial charge < -0.3 is 20.9 Å². The molecule has 8 heteroatoms. The van der Waals surface area contributed by atoms with E-state index in [1.54, 1.807) is 31.2 Å². The summed E-state index contributed by atoms with van der Waals surface area (Å²) in [5, 5.41) is 9.52. The minimum absolute atomic E-state index is 0.218. The molecule has 1 heterocycles. The van der Waals surface area contributed by atoms with Crippen LogP contribution in [0, 0.1) is 6.92 Å². The maximum atomic E-state index is 12.6. The molecule has 0 bridgehead atoms. The summed E-state index contributed by atoms with van der Waals surface area (Å²) in [6.45, 7) is 1.73. The van der Waals surface area contributed by atoms with E-state index in [9.17, 15) is 9.59 Å². The maximum absolute atomic E-state index is 12.6. The Morgan fingerprint density at radius 2 is 1.88 bits per heavy atom. The molecule has 0 unspecified atom stereocenters. The highest BCUT2D eigenvalue weighted by Crippen LogP contribution is 2.37. The number of hydrogen-bond donors (Lipinski definition) is 3. The number of nitrogens with one attached hydrogen (secondary N) is 2. The number of nitrogens with zero attached hydrogens (tertiary/aromatic N) is 2. The molecule has 2 aromatic rings. The largest absolute Gasteiger partial charge is 0.351 e. The van der Waals surface area contributed by atoms with Gasteiger partial charge in [0.15, 0.2) is 5.82 Å². The zero-order valence-electron chi connectivity index (χ0n) is 13.3. The minimum Gasteiger partial charge on any atom is -0.351 e. The number of benzene rings is 1. The number of aromatic nitrogens is 2. The van der Waals surface area contributed by atoms with Crippen LogP contribution in [0.25, 0.3) is 0 Å². The normalized spacial score (nSPS) is 15.9. The molecule has 24 heavy (non-hydrogen) atoms. The second-order valence-corrected chi connectivity index (χ2v) is 5.95. The van der Waals surface area contributed by atoms with E-state index in [1.165, 1.54) is 0 Å². The van der Waals surface area contributed by atoms with Crippen LogP contribution in [0.2, 0.25) is 0 Å². The fourth-order valence-electron chi connectivity index (χ4n) is 3.01. The molecule has 1 saturated carbocycles.